The third-order valence-electron chi connectivity index (χ3n) is 5.23. The van der Waals surface area contributed by atoms with Crippen molar-refractivity contribution in [2.45, 2.75) is 50.3 Å². The van der Waals surface area contributed by atoms with E-state index >= 15 is 0 Å². The highest BCUT2D eigenvalue weighted by Crippen LogP contribution is 2.25. The van der Waals surface area contributed by atoms with Crippen LogP contribution in [-0.4, -0.2) is 75.9 Å². The van der Waals surface area contributed by atoms with Crippen molar-refractivity contribution < 1.29 is 8.42 Å². The first kappa shape index (κ1) is 26.6. The summed E-state index contributed by atoms with van der Waals surface area (Å²) in [5.41, 5.74) is 0. The van der Waals surface area contributed by atoms with Gasteiger partial charge in [0.05, 0.1) is 0 Å². The van der Waals surface area contributed by atoms with Crippen LogP contribution in [0.4, 0.5) is 0 Å². The zero-order valence-electron chi connectivity index (χ0n) is 18.0. The normalized spacial score (nSPS) is 18.1. The number of halogens is 1. The molecule has 1 fully saturated rings. The third-order valence-corrected chi connectivity index (χ3v) is 8.90. The second-order valence-corrected chi connectivity index (χ2v) is 10.2. The zero-order valence-corrected chi connectivity index (χ0v) is 21.9. The van der Waals surface area contributed by atoms with Crippen LogP contribution in [0.1, 0.15) is 38.5 Å². The molecule has 168 valence electrons. The molecule has 0 radical (unpaired) electrons. The fourth-order valence-electron chi connectivity index (χ4n) is 3.60. The second kappa shape index (κ2) is 13.1. The maximum atomic E-state index is 12.6. The molecule has 1 aromatic heterocycles. The summed E-state index contributed by atoms with van der Waals surface area (Å²) in [4.78, 5) is 7.86. The minimum Gasteiger partial charge on any atom is -0.356 e. The summed E-state index contributed by atoms with van der Waals surface area (Å²) in [6.45, 7) is 10.8. The number of thiophene rings is 1. The maximum Gasteiger partial charge on any atom is 0.252 e. The molecule has 29 heavy (non-hydrogen) atoms. The lowest BCUT2D eigenvalue weighted by Crippen LogP contribution is -2.45. The molecule has 0 spiro atoms. The van der Waals surface area contributed by atoms with Crippen LogP contribution in [0.3, 0.4) is 0 Å². The summed E-state index contributed by atoms with van der Waals surface area (Å²) >= 11 is 1.36. The summed E-state index contributed by atoms with van der Waals surface area (Å²) in [6.07, 6.45) is 3.27. The number of nitrogens with zero attached hydrogens (tertiary/aromatic N) is 3. The Bertz CT molecular complexity index is 735. The largest absolute Gasteiger partial charge is 0.356 e. The average Bonchev–Trinajstić information content (AvgIpc) is 3.34. The molecule has 0 saturated carbocycles. The van der Waals surface area contributed by atoms with E-state index < -0.39 is 10.0 Å². The number of aliphatic imine (C=N–C) groups is 1. The average molecular weight is 558 g/mol. The number of hydrogen-bond acceptors (Lipinski definition) is 5. The van der Waals surface area contributed by atoms with Crippen LogP contribution in [0.2, 0.25) is 0 Å². The van der Waals surface area contributed by atoms with E-state index in [1.807, 2.05) is 19.9 Å². The monoisotopic (exact) mass is 557 g/mol. The highest BCUT2D eigenvalue weighted by molar-refractivity contribution is 14.0. The molecule has 1 saturated heterocycles. The van der Waals surface area contributed by atoms with Crippen LogP contribution in [0, 0.1) is 0 Å². The van der Waals surface area contributed by atoms with Crippen molar-refractivity contribution in [2.75, 3.05) is 46.3 Å². The quantitative estimate of drug-likeness (QED) is 0.263. The lowest BCUT2D eigenvalue weighted by Gasteiger charge is -2.23. The van der Waals surface area contributed by atoms with E-state index in [9.17, 15) is 8.42 Å². The summed E-state index contributed by atoms with van der Waals surface area (Å²) in [5.74, 6) is 0.801. The van der Waals surface area contributed by atoms with Gasteiger partial charge >= 0.3 is 0 Å². The fourth-order valence-corrected chi connectivity index (χ4v) is 6.57. The summed E-state index contributed by atoms with van der Waals surface area (Å²) in [6, 6.07) is 4.21. The van der Waals surface area contributed by atoms with Crippen molar-refractivity contribution in [3.8, 4) is 0 Å². The molecule has 2 rings (SSSR count). The lowest BCUT2D eigenvalue weighted by molar-refractivity contribution is 0.267. The minimum absolute atomic E-state index is 0. The molecule has 7 nitrogen and oxygen atoms in total. The van der Waals surface area contributed by atoms with Crippen LogP contribution >= 0.6 is 35.3 Å². The van der Waals surface area contributed by atoms with Gasteiger partial charge in [0.25, 0.3) is 10.0 Å². The predicted octanol–water partition coefficient (Wildman–Crippen LogP) is 2.59. The van der Waals surface area contributed by atoms with Gasteiger partial charge in [-0.3, -0.25) is 9.89 Å². The van der Waals surface area contributed by atoms with E-state index in [4.69, 9.17) is 0 Å². The highest BCUT2D eigenvalue weighted by Gasteiger charge is 2.24. The van der Waals surface area contributed by atoms with Gasteiger partial charge in [0, 0.05) is 44.1 Å². The molecule has 1 atom stereocenters. The van der Waals surface area contributed by atoms with Gasteiger partial charge < -0.3 is 10.6 Å². The van der Waals surface area contributed by atoms with Crippen LogP contribution < -0.4 is 10.6 Å². The van der Waals surface area contributed by atoms with Crippen LogP contribution in [0.15, 0.2) is 21.3 Å². The van der Waals surface area contributed by atoms with Crippen molar-refractivity contribution in [2.24, 2.45) is 4.99 Å². The Morgan fingerprint density at radius 1 is 1.28 bits per heavy atom. The van der Waals surface area contributed by atoms with Crippen molar-refractivity contribution in [3.63, 3.8) is 0 Å². The Morgan fingerprint density at radius 2 is 2.00 bits per heavy atom. The van der Waals surface area contributed by atoms with Crippen molar-refractivity contribution in [1.82, 2.24) is 19.8 Å². The SMILES string of the molecule is CCN1CCCC1CNC(=NC)NCCc1ccc(S(=O)(=O)N(CC)CC)s1.I. The Hall–Kier alpha value is -0.430. The highest BCUT2D eigenvalue weighted by atomic mass is 127. The molecule has 2 N–H and O–H groups in total. The van der Waals surface area contributed by atoms with Gasteiger partial charge in [-0.05, 0) is 44.5 Å². The number of guanidine groups is 1. The minimum atomic E-state index is -3.36. The van der Waals surface area contributed by atoms with Gasteiger partial charge in [-0.1, -0.05) is 20.8 Å². The number of sulfonamides is 1. The Kier molecular flexibility index (Phi) is 12.0. The molecule has 10 heteroatoms. The first-order chi connectivity index (χ1) is 13.5. The Morgan fingerprint density at radius 3 is 2.62 bits per heavy atom. The Labute approximate surface area is 197 Å². The predicted molar refractivity (Wildman–Crippen MR) is 133 cm³/mol. The Balaban J connectivity index is 0.00000420. The number of likely N-dealkylation sites (tertiary alicyclic amines) is 1. The van der Waals surface area contributed by atoms with Crippen LogP contribution in [0.5, 0.6) is 0 Å². The fraction of sp³-hybridized carbons (Fsp3) is 0.737. The van der Waals surface area contributed by atoms with E-state index in [2.05, 4.69) is 27.4 Å². The maximum absolute atomic E-state index is 12.6. The molecular formula is C19H36IN5O2S2. The summed E-state index contributed by atoms with van der Waals surface area (Å²) < 4.78 is 27.1. The van der Waals surface area contributed by atoms with Crippen molar-refractivity contribution in [3.05, 3.63) is 17.0 Å². The number of likely N-dealkylation sites (N-methyl/N-ethyl adjacent to an activating group) is 1. The van der Waals surface area contributed by atoms with Gasteiger partial charge in [0.2, 0.25) is 0 Å². The zero-order chi connectivity index (χ0) is 20.6. The first-order valence-corrected chi connectivity index (χ1v) is 12.5. The molecule has 1 aliphatic rings. The number of nitrogens with one attached hydrogen (secondary N) is 2. The first-order valence-electron chi connectivity index (χ1n) is 10.2. The molecule has 1 aromatic rings. The lowest BCUT2D eigenvalue weighted by atomic mass is 10.2. The van der Waals surface area contributed by atoms with Gasteiger partial charge in [0.1, 0.15) is 4.21 Å². The van der Waals surface area contributed by atoms with E-state index in [1.165, 1.54) is 35.0 Å². The van der Waals surface area contributed by atoms with Gasteiger partial charge in [-0.25, -0.2) is 8.42 Å². The van der Waals surface area contributed by atoms with Gasteiger partial charge in [0.15, 0.2) is 5.96 Å². The molecule has 1 aliphatic heterocycles. The summed E-state index contributed by atoms with van der Waals surface area (Å²) in [7, 11) is -1.58. The molecular weight excluding hydrogens is 521 g/mol. The summed E-state index contributed by atoms with van der Waals surface area (Å²) in [5, 5.41) is 6.75. The van der Waals surface area contributed by atoms with E-state index in [-0.39, 0.29) is 24.0 Å². The van der Waals surface area contributed by atoms with Crippen molar-refractivity contribution in [1.29, 1.82) is 0 Å². The van der Waals surface area contributed by atoms with E-state index in [0.29, 0.717) is 29.9 Å². The van der Waals surface area contributed by atoms with E-state index in [1.54, 1.807) is 13.1 Å². The number of hydrogen-bond donors (Lipinski definition) is 2. The second-order valence-electron chi connectivity index (χ2n) is 6.86. The molecule has 0 aliphatic carbocycles. The molecule has 0 bridgehead atoms. The van der Waals surface area contributed by atoms with Crippen LogP contribution in [0.25, 0.3) is 0 Å². The van der Waals surface area contributed by atoms with Gasteiger partial charge in [-0.15, -0.1) is 35.3 Å². The molecule has 2 heterocycles. The smallest absolute Gasteiger partial charge is 0.252 e. The topological polar surface area (TPSA) is 77.0 Å². The van der Waals surface area contributed by atoms with Crippen molar-refractivity contribution >= 4 is 51.3 Å². The third kappa shape index (κ3) is 7.34. The molecule has 1 unspecified atom stereocenters. The molecule has 0 amide bonds. The number of rotatable bonds is 10. The van der Waals surface area contributed by atoms with Crippen LogP contribution in [-0.2, 0) is 16.4 Å². The molecule has 0 aromatic carbocycles. The van der Waals surface area contributed by atoms with Gasteiger partial charge in [-0.2, -0.15) is 4.31 Å². The standard InChI is InChI=1S/C19H35N5O2S2.HI/c1-5-23-14-8-9-16(23)15-22-19(20-4)21-13-12-17-10-11-18(27-17)28(25,26)24(6-2)7-3;/h10-11,16H,5-9,12-15H2,1-4H3,(H2,20,21,22);1H. The van der Waals surface area contributed by atoms with E-state index in [0.717, 1.165) is 30.3 Å².